The molecule has 1 heteroatoms. The maximum Gasteiger partial charge on any atom is 0 e. The molecule has 0 radical (unpaired) electrons. The Bertz CT molecular complexity index is 772. The monoisotopic (exact) mass is 342 g/mol. The summed E-state index contributed by atoms with van der Waals surface area (Å²) in [7, 11) is 0. The van der Waals surface area contributed by atoms with Crippen LogP contribution in [0.1, 0.15) is 22.3 Å². The first-order chi connectivity index (χ1) is 10.6. The third-order valence-electron chi connectivity index (χ3n) is 4.42. The van der Waals surface area contributed by atoms with Gasteiger partial charge < -0.3 is 34.0 Å². The van der Waals surface area contributed by atoms with Crippen molar-refractivity contribution < 1.29 is 17.1 Å². The van der Waals surface area contributed by atoms with Gasteiger partial charge in [0.15, 0.2) is 0 Å². The number of hydrogen-bond donors (Lipinski definition) is 0. The molecule has 0 N–H and O–H groups in total. The second-order valence-electron chi connectivity index (χ2n) is 6.11. The minimum absolute atomic E-state index is 0. The average Bonchev–Trinajstić information content (AvgIpc) is 2.99. The molecule has 0 fully saturated rings. The summed E-state index contributed by atoms with van der Waals surface area (Å²) in [5.74, 6) is 0. The topological polar surface area (TPSA) is 0 Å². The van der Waals surface area contributed by atoms with Gasteiger partial charge in [-0.25, -0.2) is 6.07 Å². The molecule has 0 nitrogen and oxygen atoms in total. The van der Waals surface area contributed by atoms with Crippen LogP contribution in [0.2, 0.25) is 0 Å². The predicted octanol–water partition coefficient (Wildman–Crippen LogP) is 6.35. The molecule has 0 unspecified atom stereocenters. The zero-order valence-electron chi connectivity index (χ0n) is 14.1. The van der Waals surface area contributed by atoms with Crippen LogP contribution in [0.5, 0.6) is 0 Å². The van der Waals surface area contributed by atoms with E-state index in [2.05, 4.69) is 88.4 Å². The van der Waals surface area contributed by atoms with Crippen LogP contribution in [-0.4, -0.2) is 0 Å². The van der Waals surface area contributed by atoms with E-state index in [1.165, 1.54) is 43.8 Å². The molecule has 4 aromatic rings. The quantitative estimate of drug-likeness (QED) is 0.258. The molecular weight excluding hydrogens is 320 g/mol. The molecule has 0 aliphatic rings. The summed E-state index contributed by atoms with van der Waals surface area (Å²) in [6.07, 6.45) is 0. The number of hydrogen-bond acceptors (Lipinski definition) is 0. The standard InChI is InChI=1S/2C11H11.Fe/c2*1-8-7-9(2)11-6-4-3-5-10(8)11;/h2*3-7H,1-2H3;/q-5;-1;. The van der Waals surface area contributed by atoms with Crippen molar-refractivity contribution in [1.82, 2.24) is 0 Å². The smallest absolute Gasteiger partial charge is 0 e. The Morgan fingerprint density at radius 2 is 1.39 bits per heavy atom. The molecule has 124 valence electrons. The van der Waals surface area contributed by atoms with E-state index >= 15 is 0 Å². The van der Waals surface area contributed by atoms with E-state index in [-0.39, 0.29) is 17.1 Å². The molecular formula is C22H22Fe-6. The predicted molar refractivity (Wildman–Crippen MR) is 98.0 cm³/mol. The third kappa shape index (κ3) is 3.42. The van der Waals surface area contributed by atoms with Crippen LogP contribution >= 0.6 is 0 Å². The summed E-state index contributed by atoms with van der Waals surface area (Å²) in [6, 6.07) is 21.6. The largest absolute Gasteiger partial charge is 0.790 e. The molecule has 0 saturated heterocycles. The van der Waals surface area contributed by atoms with Gasteiger partial charge in [-0.1, -0.05) is 19.2 Å². The molecule has 0 bridgehead atoms. The van der Waals surface area contributed by atoms with Gasteiger partial charge in [-0.05, 0) is 0 Å². The molecule has 0 atom stereocenters. The van der Waals surface area contributed by atoms with Gasteiger partial charge in [0.05, 0.1) is 0 Å². The summed E-state index contributed by atoms with van der Waals surface area (Å²) in [4.78, 5) is 0. The number of benzene rings is 2. The summed E-state index contributed by atoms with van der Waals surface area (Å²) in [5.41, 5.74) is 5.55. The van der Waals surface area contributed by atoms with Crippen LogP contribution in [-0.2, 0) is 17.1 Å². The molecule has 0 aromatic heterocycles. The van der Waals surface area contributed by atoms with Crippen molar-refractivity contribution in [3.05, 3.63) is 82.9 Å². The Kier molecular flexibility index (Phi) is 5.46. The molecule has 23 heavy (non-hydrogen) atoms. The van der Waals surface area contributed by atoms with Gasteiger partial charge in [-0.15, -0.1) is 52.9 Å². The molecule has 4 rings (SSSR count). The van der Waals surface area contributed by atoms with E-state index in [1.807, 2.05) is 0 Å². The first-order valence-corrected chi connectivity index (χ1v) is 7.81. The van der Waals surface area contributed by atoms with Crippen molar-refractivity contribution in [3.8, 4) is 0 Å². The minimum Gasteiger partial charge on any atom is -0.790 e. The average molecular weight is 342 g/mol. The minimum atomic E-state index is 0. The second kappa shape index (κ2) is 7.17. The fourth-order valence-electron chi connectivity index (χ4n) is 3.30. The van der Waals surface area contributed by atoms with Crippen LogP contribution in [0.15, 0.2) is 60.7 Å². The SMILES string of the molecule is C[c-]1[cH-][c-](C)[c-]2cccc[c-]12.Cc1cc(C)[c-]2ccccc12.[Fe]. The summed E-state index contributed by atoms with van der Waals surface area (Å²) in [6.45, 7) is 8.65. The van der Waals surface area contributed by atoms with Gasteiger partial charge in [-0.3, -0.25) is 6.07 Å². The Hall–Kier alpha value is -1.82. The van der Waals surface area contributed by atoms with E-state index in [4.69, 9.17) is 0 Å². The van der Waals surface area contributed by atoms with Crippen LogP contribution < -0.4 is 0 Å². The fourth-order valence-corrected chi connectivity index (χ4v) is 3.30. The van der Waals surface area contributed by atoms with Gasteiger partial charge in [0.1, 0.15) is 0 Å². The number of rotatable bonds is 0. The maximum absolute atomic E-state index is 2.24. The first kappa shape index (κ1) is 17.5. The first-order valence-electron chi connectivity index (χ1n) is 7.81. The Labute approximate surface area is 149 Å². The maximum atomic E-state index is 2.24. The summed E-state index contributed by atoms with van der Waals surface area (Å²) >= 11 is 0. The van der Waals surface area contributed by atoms with Crippen LogP contribution in [0, 0.1) is 27.7 Å². The van der Waals surface area contributed by atoms with E-state index in [0.717, 1.165) is 0 Å². The van der Waals surface area contributed by atoms with Crippen molar-refractivity contribution in [2.24, 2.45) is 0 Å². The molecule has 0 saturated carbocycles. The van der Waals surface area contributed by atoms with Gasteiger partial charge in [0.2, 0.25) is 0 Å². The van der Waals surface area contributed by atoms with E-state index < -0.39 is 0 Å². The Balaban J connectivity index is 0.000000160. The summed E-state index contributed by atoms with van der Waals surface area (Å²) < 4.78 is 0. The van der Waals surface area contributed by atoms with E-state index in [9.17, 15) is 0 Å². The van der Waals surface area contributed by atoms with Gasteiger partial charge in [0.25, 0.3) is 0 Å². The number of fused-ring (bicyclic) bond motifs is 2. The molecule has 0 aliphatic carbocycles. The molecule has 0 heterocycles. The Morgan fingerprint density at radius 1 is 0.826 bits per heavy atom. The van der Waals surface area contributed by atoms with Gasteiger partial charge in [0, 0.05) is 17.1 Å². The second-order valence-corrected chi connectivity index (χ2v) is 6.11. The van der Waals surface area contributed by atoms with Gasteiger partial charge in [-0.2, -0.15) is 13.8 Å². The van der Waals surface area contributed by atoms with Crippen molar-refractivity contribution in [2.45, 2.75) is 27.7 Å². The van der Waals surface area contributed by atoms with Gasteiger partial charge >= 0.3 is 0 Å². The van der Waals surface area contributed by atoms with Crippen LogP contribution in [0.4, 0.5) is 0 Å². The zero-order valence-corrected chi connectivity index (χ0v) is 15.2. The summed E-state index contributed by atoms with van der Waals surface area (Å²) in [5, 5.41) is 5.57. The number of aryl methyl sites for hydroxylation is 4. The fraction of sp³-hybridized carbons (Fsp3) is 0.182. The van der Waals surface area contributed by atoms with Crippen LogP contribution in [0.25, 0.3) is 21.5 Å². The molecule has 0 amide bonds. The van der Waals surface area contributed by atoms with Crippen LogP contribution in [0.3, 0.4) is 0 Å². The van der Waals surface area contributed by atoms with Crippen molar-refractivity contribution in [2.75, 3.05) is 0 Å². The zero-order chi connectivity index (χ0) is 15.7. The molecule has 4 aromatic carbocycles. The normalized spacial score (nSPS) is 10.3. The molecule has 0 aliphatic heterocycles. The van der Waals surface area contributed by atoms with E-state index in [1.54, 1.807) is 0 Å². The van der Waals surface area contributed by atoms with Crippen molar-refractivity contribution in [3.63, 3.8) is 0 Å². The molecule has 0 spiro atoms. The van der Waals surface area contributed by atoms with E-state index in [0.29, 0.717) is 0 Å². The Morgan fingerprint density at radius 3 is 1.96 bits per heavy atom. The van der Waals surface area contributed by atoms with Crippen molar-refractivity contribution >= 4 is 21.5 Å². The van der Waals surface area contributed by atoms with Crippen molar-refractivity contribution in [1.29, 1.82) is 0 Å². The third-order valence-corrected chi connectivity index (χ3v) is 4.42.